The summed E-state index contributed by atoms with van der Waals surface area (Å²) in [5.41, 5.74) is -0.215. The number of aromatic nitrogens is 1. The van der Waals surface area contributed by atoms with Gasteiger partial charge in [0.15, 0.2) is 0 Å². The Hall–Kier alpha value is -2.75. The van der Waals surface area contributed by atoms with Crippen LogP contribution in [0, 0.1) is 17.6 Å². The summed E-state index contributed by atoms with van der Waals surface area (Å²) in [7, 11) is -4.05. The average molecular weight is 424 g/mol. The second-order valence-corrected chi connectivity index (χ2v) is 8.48. The molecule has 3 rings (SSSR count). The van der Waals surface area contributed by atoms with E-state index < -0.39 is 21.7 Å². The van der Waals surface area contributed by atoms with Crippen molar-refractivity contribution in [3.05, 3.63) is 48.2 Å². The number of halogens is 2. The van der Waals surface area contributed by atoms with Gasteiger partial charge in [0.05, 0.1) is 11.6 Å². The summed E-state index contributed by atoms with van der Waals surface area (Å²) in [6, 6.07) is 5.35. The molecule has 1 aliphatic heterocycles. The fourth-order valence-electron chi connectivity index (χ4n) is 3.26. The van der Waals surface area contributed by atoms with Gasteiger partial charge in [-0.25, -0.2) is 22.2 Å². The summed E-state index contributed by atoms with van der Waals surface area (Å²) in [5, 5.41) is 2.82. The van der Waals surface area contributed by atoms with E-state index in [1.807, 2.05) is 11.8 Å². The minimum absolute atomic E-state index is 0.00271. The van der Waals surface area contributed by atoms with E-state index in [1.165, 1.54) is 12.3 Å². The zero-order valence-electron chi connectivity index (χ0n) is 15.9. The highest BCUT2D eigenvalue weighted by Crippen LogP contribution is 2.24. The second kappa shape index (κ2) is 8.73. The number of anilines is 2. The number of pyridine rings is 1. The molecule has 7 nitrogen and oxygen atoms in total. The van der Waals surface area contributed by atoms with Gasteiger partial charge in [-0.2, -0.15) is 0 Å². The summed E-state index contributed by atoms with van der Waals surface area (Å²) in [4.78, 5) is 18.1. The number of nitrogens with zero attached hydrogens (tertiary/aromatic N) is 2. The summed E-state index contributed by atoms with van der Waals surface area (Å²) in [6.07, 6.45) is 2.81. The highest BCUT2D eigenvalue weighted by Gasteiger charge is 2.26. The van der Waals surface area contributed by atoms with Crippen LogP contribution >= 0.6 is 0 Å². The van der Waals surface area contributed by atoms with Crippen molar-refractivity contribution >= 4 is 27.4 Å². The van der Waals surface area contributed by atoms with Crippen LogP contribution in [0.4, 0.5) is 20.3 Å². The molecule has 2 heterocycles. The minimum atomic E-state index is -4.05. The van der Waals surface area contributed by atoms with Crippen LogP contribution in [0.2, 0.25) is 0 Å². The number of amides is 1. The Bertz CT molecular complexity index is 963. The van der Waals surface area contributed by atoms with Crippen molar-refractivity contribution in [3.63, 3.8) is 0 Å². The number of rotatable bonds is 6. The van der Waals surface area contributed by atoms with E-state index in [0.717, 1.165) is 31.5 Å². The van der Waals surface area contributed by atoms with E-state index in [9.17, 15) is 22.0 Å². The number of carbonyl (C=O) groups is 1. The lowest BCUT2D eigenvalue weighted by molar-refractivity contribution is -0.125. The van der Waals surface area contributed by atoms with Gasteiger partial charge in [-0.15, -0.1) is 0 Å². The molecule has 1 aromatic heterocycles. The lowest BCUT2D eigenvalue weighted by Gasteiger charge is -2.32. The van der Waals surface area contributed by atoms with Gasteiger partial charge in [-0.05, 0) is 44.0 Å². The van der Waals surface area contributed by atoms with Gasteiger partial charge in [-0.3, -0.25) is 9.52 Å². The Kier molecular flexibility index (Phi) is 6.31. The lowest BCUT2D eigenvalue weighted by Crippen LogP contribution is -2.43. The van der Waals surface area contributed by atoms with E-state index in [2.05, 4.69) is 15.0 Å². The number of sulfonamides is 1. The Morgan fingerprint density at radius 1 is 1.24 bits per heavy atom. The van der Waals surface area contributed by atoms with E-state index >= 15 is 0 Å². The molecule has 156 valence electrons. The normalized spacial score (nSPS) is 17.1. The third-order valence-electron chi connectivity index (χ3n) is 4.61. The molecule has 0 radical (unpaired) electrons. The number of benzene rings is 1. The summed E-state index contributed by atoms with van der Waals surface area (Å²) in [6.45, 7) is 3.66. The molecule has 1 unspecified atom stereocenters. The first-order chi connectivity index (χ1) is 13.8. The van der Waals surface area contributed by atoms with Gasteiger partial charge in [-0.1, -0.05) is 0 Å². The average Bonchev–Trinajstić information content (AvgIpc) is 2.67. The molecule has 1 aromatic carbocycles. The zero-order valence-corrected chi connectivity index (χ0v) is 16.7. The van der Waals surface area contributed by atoms with Crippen molar-refractivity contribution in [1.82, 2.24) is 10.3 Å². The van der Waals surface area contributed by atoms with Gasteiger partial charge in [0, 0.05) is 31.9 Å². The molecule has 1 fully saturated rings. The molecule has 29 heavy (non-hydrogen) atoms. The van der Waals surface area contributed by atoms with Gasteiger partial charge >= 0.3 is 0 Å². The van der Waals surface area contributed by atoms with Crippen LogP contribution in [0.1, 0.15) is 19.8 Å². The molecule has 0 aliphatic carbocycles. The van der Waals surface area contributed by atoms with Crippen molar-refractivity contribution in [2.45, 2.75) is 24.7 Å². The maximum absolute atomic E-state index is 13.3. The third kappa shape index (κ3) is 5.20. The molecule has 1 saturated heterocycles. The van der Waals surface area contributed by atoms with Crippen LogP contribution in [0.5, 0.6) is 0 Å². The topological polar surface area (TPSA) is 91.4 Å². The number of hydrogen-bond acceptors (Lipinski definition) is 5. The Labute approximate surface area is 168 Å². The molecular formula is C19H22F2N4O3S. The van der Waals surface area contributed by atoms with Crippen molar-refractivity contribution in [3.8, 4) is 0 Å². The standard InChI is InChI=1S/C19H22F2N4O3S/c1-2-22-19(26)13-4-3-7-25(12-13)18-6-5-17(11-23-18)29(27,28)24-16-9-14(20)8-15(21)10-16/h5-6,8-11,13,24H,2-4,7,12H2,1H3,(H,22,26). The maximum atomic E-state index is 13.3. The number of piperidine rings is 1. The van der Waals surface area contributed by atoms with E-state index in [-0.39, 0.29) is 22.4 Å². The largest absolute Gasteiger partial charge is 0.356 e. The molecule has 0 spiro atoms. The molecule has 1 aliphatic rings. The quantitative estimate of drug-likeness (QED) is 0.744. The first kappa shape index (κ1) is 21.0. The molecule has 1 atom stereocenters. The zero-order chi connectivity index (χ0) is 21.0. The fourth-order valence-corrected chi connectivity index (χ4v) is 4.25. The van der Waals surface area contributed by atoms with Crippen LogP contribution < -0.4 is 14.9 Å². The van der Waals surface area contributed by atoms with Crippen molar-refractivity contribution in [2.24, 2.45) is 5.92 Å². The SMILES string of the molecule is CCNC(=O)C1CCCN(c2ccc(S(=O)(=O)Nc3cc(F)cc(F)c3)cn2)C1. The highest BCUT2D eigenvalue weighted by atomic mass is 32.2. The van der Waals surface area contributed by atoms with Crippen LogP contribution in [-0.4, -0.2) is 38.9 Å². The van der Waals surface area contributed by atoms with Crippen LogP contribution in [-0.2, 0) is 14.8 Å². The smallest absolute Gasteiger partial charge is 0.263 e. The van der Waals surface area contributed by atoms with Gasteiger partial charge in [0.25, 0.3) is 10.0 Å². The molecule has 2 aromatic rings. The second-order valence-electron chi connectivity index (χ2n) is 6.80. The summed E-state index contributed by atoms with van der Waals surface area (Å²) < 4.78 is 53.6. The molecular weight excluding hydrogens is 402 g/mol. The Morgan fingerprint density at radius 3 is 2.59 bits per heavy atom. The van der Waals surface area contributed by atoms with E-state index in [4.69, 9.17) is 0 Å². The Balaban J connectivity index is 1.72. The third-order valence-corrected chi connectivity index (χ3v) is 5.98. The molecule has 0 bridgehead atoms. The van der Waals surface area contributed by atoms with Gasteiger partial charge in [0.2, 0.25) is 5.91 Å². The number of nitrogens with one attached hydrogen (secondary N) is 2. The lowest BCUT2D eigenvalue weighted by atomic mass is 9.97. The van der Waals surface area contributed by atoms with Crippen molar-refractivity contribution in [2.75, 3.05) is 29.3 Å². The molecule has 0 saturated carbocycles. The number of carbonyl (C=O) groups excluding carboxylic acids is 1. The van der Waals surface area contributed by atoms with Crippen LogP contribution in [0.25, 0.3) is 0 Å². The van der Waals surface area contributed by atoms with E-state index in [0.29, 0.717) is 25.0 Å². The molecule has 2 N–H and O–H groups in total. The first-order valence-electron chi connectivity index (χ1n) is 9.26. The van der Waals surface area contributed by atoms with E-state index in [1.54, 1.807) is 6.07 Å². The minimum Gasteiger partial charge on any atom is -0.356 e. The summed E-state index contributed by atoms with van der Waals surface area (Å²) in [5.74, 6) is -1.35. The first-order valence-corrected chi connectivity index (χ1v) is 10.7. The monoisotopic (exact) mass is 424 g/mol. The Morgan fingerprint density at radius 2 is 1.97 bits per heavy atom. The van der Waals surface area contributed by atoms with Crippen LogP contribution in [0.15, 0.2) is 41.4 Å². The highest BCUT2D eigenvalue weighted by molar-refractivity contribution is 7.92. The predicted molar refractivity (Wildman–Crippen MR) is 105 cm³/mol. The summed E-state index contributed by atoms with van der Waals surface area (Å²) >= 11 is 0. The van der Waals surface area contributed by atoms with Gasteiger partial charge < -0.3 is 10.2 Å². The molecule has 1 amide bonds. The van der Waals surface area contributed by atoms with Gasteiger partial charge in [0.1, 0.15) is 22.3 Å². The van der Waals surface area contributed by atoms with Crippen molar-refractivity contribution in [1.29, 1.82) is 0 Å². The molecule has 10 heteroatoms. The fraction of sp³-hybridized carbons (Fsp3) is 0.368. The predicted octanol–water partition coefficient (Wildman–Crippen LogP) is 2.51. The number of hydrogen-bond donors (Lipinski definition) is 2. The van der Waals surface area contributed by atoms with Crippen LogP contribution in [0.3, 0.4) is 0 Å². The van der Waals surface area contributed by atoms with Crippen molar-refractivity contribution < 1.29 is 22.0 Å². The maximum Gasteiger partial charge on any atom is 0.263 e.